The van der Waals surface area contributed by atoms with Gasteiger partial charge in [-0.1, -0.05) is 89.6 Å². The lowest BCUT2D eigenvalue weighted by Crippen LogP contribution is -2.26. The third-order valence-electron chi connectivity index (χ3n) is 4.38. The van der Waals surface area contributed by atoms with E-state index >= 15 is 0 Å². The molecular formula is C21H15Cl2N3OS. The van der Waals surface area contributed by atoms with Crippen LogP contribution >= 0.6 is 35.0 Å². The van der Waals surface area contributed by atoms with Gasteiger partial charge in [-0.15, -0.1) is 5.10 Å². The Morgan fingerprint density at radius 2 is 1.82 bits per heavy atom. The molecule has 0 aliphatic carbocycles. The highest BCUT2D eigenvalue weighted by Gasteiger charge is 2.31. The second kappa shape index (κ2) is 8.35. The average molecular weight is 428 g/mol. The van der Waals surface area contributed by atoms with Gasteiger partial charge in [-0.25, -0.2) is 0 Å². The molecule has 1 aliphatic heterocycles. The van der Waals surface area contributed by atoms with Crippen molar-refractivity contribution >= 4 is 63.0 Å². The molecule has 4 nitrogen and oxygen atoms in total. The molecule has 0 aromatic heterocycles. The third kappa shape index (κ3) is 4.07. The summed E-state index contributed by atoms with van der Waals surface area (Å²) in [5, 5.41) is 14.5. The SMILES string of the molecule is O=C1N/C(=N/N=C/c2cccc3ccccc23)SC1Cc1cccc(Cl)c1Cl. The van der Waals surface area contributed by atoms with Crippen LogP contribution in [0, 0.1) is 0 Å². The molecule has 3 aromatic carbocycles. The van der Waals surface area contributed by atoms with Gasteiger partial charge in [0.2, 0.25) is 5.91 Å². The van der Waals surface area contributed by atoms with E-state index in [-0.39, 0.29) is 11.2 Å². The molecule has 4 rings (SSSR count). The van der Waals surface area contributed by atoms with E-state index < -0.39 is 0 Å². The Bertz CT molecular complexity index is 1110. The number of carbonyl (C=O) groups is 1. The summed E-state index contributed by atoms with van der Waals surface area (Å²) in [6, 6.07) is 19.5. The summed E-state index contributed by atoms with van der Waals surface area (Å²) >= 11 is 13.6. The van der Waals surface area contributed by atoms with Crippen LogP contribution in [0.15, 0.2) is 70.9 Å². The largest absolute Gasteiger partial charge is 0.303 e. The van der Waals surface area contributed by atoms with Crippen LogP contribution in [0.2, 0.25) is 10.0 Å². The lowest BCUT2D eigenvalue weighted by molar-refractivity contribution is -0.118. The molecule has 1 aliphatic rings. The first-order valence-corrected chi connectivity index (χ1v) is 10.2. The van der Waals surface area contributed by atoms with Crippen molar-refractivity contribution in [2.24, 2.45) is 10.2 Å². The van der Waals surface area contributed by atoms with Crippen LogP contribution in [0.25, 0.3) is 10.8 Å². The van der Waals surface area contributed by atoms with Gasteiger partial charge in [0.15, 0.2) is 5.17 Å². The Hall–Kier alpha value is -2.34. The van der Waals surface area contributed by atoms with E-state index in [1.54, 1.807) is 12.3 Å². The molecule has 7 heteroatoms. The molecule has 1 atom stereocenters. The number of hydrogen-bond acceptors (Lipinski definition) is 4. The van der Waals surface area contributed by atoms with Crippen molar-refractivity contribution in [1.29, 1.82) is 0 Å². The Labute approximate surface area is 176 Å². The quantitative estimate of drug-likeness (QED) is 0.452. The molecule has 3 aromatic rings. The number of nitrogens with one attached hydrogen (secondary N) is 1. The van der Waals surface area contributed by atoms with E-state index in [0.717, 1.165) is 21.9 Å². The maximum Gasteiger partial charge on any atom is 0.239 e. The van der Waals surface area contributed by atoms with E-state index in [4.69, 9.17) is 23.2 Å². The van der Waals surface area contributed by atoms with Gasteiger partial charge in [0.05, 0.1) is 21.5 Å². The lowest BCUT2D eigenvalue weighted by atomic mass is 10.1. The fourth-order valence-electron chi connectivity index (χ4n) is 3.00. The minimum atomic E-state index is -0.317. The number of rotatable bonds is 4. The summed E-state index contributed by atoms with van der Waals surface area (Å²) in [4.78, 5) is 12.3. The fraction of sp³-hybridized carbons (Fsp3) is 0.0952. The van der Waals surface area contributed by atoms with E-state index in [1.807, 2.05) is 42.5 Å². The van der Waals surface area contributed by atoms with Crippen molar-refractivity contribution in [2.75, 3.05) is 0 Å². The van der Waals surface area contributed by atoms with E-state index in [2.05, 4.69) is 27.7 Å². The maximum atomic E-state index is 12.3. The Kier molecular flexibility index (Phi) is 5.67. The Morgan fingerprint density at radius 3 is 2.71 bits per heavy atom. The summed E-state index contributed by atoms with van der Waals surface area (Å²) in [6.07, 6.45) is 2.17. The number of carbonyl (C=O) groups excluding carboxylic acids is 1. The first-order chi connectivity index (χ1) is 13.6. The van der Waals surface area contributed by atoms with Crippen molar-refractivity contribution in [2.45, 2.75) is 11.7 Å². The van der Waals surface area contributed by atoms with Gasteiger partial charge in [-0.3, -0.25) is 4.79 Å². The zero-order valence-electron chi connectivity index (χ0n) is 14.6. The highest BCUT2D eigenvalue weighted by molar-refractivity contribution is 8.15. The molecule has 0 bridgehead atoms. The zero-order chi connectivity index (χ0) is 19.5. The summed E-state index contributed by atoms with van der Waals surface area (Å²) in [6.45, 7) is 0. The summed E-state index contributed by atoms with van der Waals surface area (Å²) in [5.74, 6) is -0.111. The molecular weight excluding hydrogens is 413 g/mol. The first kappa shape index (κ1) is 19.0. The van der Waals surface area contributed by atoms with E-state index in [9.17, 15) is 4.79 Å². The maximum absolute atomic E-state index is 12.3. The van der Waals surface area contributed by atoms with Gasteiger partial charge in [0.1, 0.15) is 0 Å². The van der Waals surface area contributed by atoms with Gasteiger partial charge >= 0.3 is 0 Å². The molecule has 0 saturated carbocycles. The fourth-order valence-corrected chi connectivity index (χ4v) is 4.35. The molecule has 1 amide bonds. The highest BCUT2D eigenvalue weighted by atomic mass is 35.5. The van der Waals surface area contributed by atoms with Crippen LogP contribution in [0.3, 0.4) is 0 Å². The highest BCUT2D eigenvalue weighted by Crippen LogP contribution is 2.30. The standard InChI is InChI=1S/C21H15Cl2N3OS/c22-17-10-4-7-14(19(17)23)11-18-20(27)25-21(28-18)26-24-12-15-8-3-6-13-5-1-2-9-16(13)15/h1-10,12,18H,11H2,(H,25,26,27)/b24-12+. The number of halogens is 2. The van der Waals surface area contributed by atoms with Crippen LogP contribution in [-0.4, -0.2) is 22.5 Å². The summed E-state index contributed by atoms with van der Waals surface area (Å²) in [7, 11) is 0. The van der Waals surface area contributed by atoms with Crippen molar-refractivity contribution < 1.29 is 4.79 Å². The Balaban J connectivity index is 1.48. The molecule has 1 N–H and O–H groups in total. The zero-order valence-corrected chi connectivity index (χ0v) is 16.9. The number of nitrogens with zero attached hydrogens (tertiary/aromatic N) is 2. The number of fused-ring (bicyclic) bond motifs is 1. The molecule has 1 fully saturated rings. The molecule has 1 heterocycles. The molecule has 1 unspecified atom stereocenters. The third-order valence-corrected chi connectivity index (χ3v) is 6.31. The number of hydrogen-bond donors (Lipinski definition) is 1. The minimum absolute atomic E-state index is 0.111. The topological polar surface area (TPSA) is 53.8 Å². The molecule has 1 saturated heterocycles. The molecule has 140 valence electrons. The normalized spacial score (nSPS) is 18.3. The van der Waals surface area contributed by atoms with E-state index in [0.29, 0.717) is 21.6 Å². The predicted octanol–water partition coefficient (Wildman–Crippen LogP) is 5.31. The molecule has 0 spiro atoms. The molecule has 28 heavy (non-hydrogen) atoms. The van der Waals surface area contributed by atoms with Gasteiger partial charge in [0, 0.05) is 5.56 Å². The number of benzene rings is 3. The molecule has 0 radical (unpaired) electrons. The average Bonchev–Trinajstić information content (AvgIpc) is 3.05. The van der Waals surface area contributed by atoms with E-state index in [1.165, 1.54) is 11.8 Å². The van der Waals surface area contributed by atoms with Gasteiger partial charge in [0.25, 0.3) is 0 Å². The van der Waals surface area contributed by atoms with Crippen LogP contribution in [-0.2, 0) is 11.2 Å². The van der Waals surface area contributed by atoms with Crippen LogP contribution < -0.4 is 5.32 Å². The van der Waals surface area contributed by atoms with Gasteiger partial charge < -0.3 is 5.32 Å². The van der Waals surface area contributed by atoms with Crippen molar-refractivity contribution in [1.82, 2.24) is 5.32 Å². The van der Waals surface area contributed by atoms with Crippen molar-refractivity contribution in [3.8, 4) is 0 Å². The van der Waals surface area contributed by atoms with Crippen LogP contribution in [0.4, 0.5) is 0 Å². The second-order valence-electron chi connectivity index (χ2n) is 6.23. The summed E-state index contributed by atoms with van der Waals surface area (Å²) in [5.41, 5.74) is 1.81. The second-order valence-corrected chi connectivity index (χ2v) is 8.21. The van der Waals surface area contributed by atoms with Crippen molar-refractivity contribution in [3.05, 3.63) is 81.8 Å². The number of thioether (sulfide) groups is 1. The number of amides is 1. The first-order valence-electron chi connectivity index (χ1n) is 8.61. The van der Waals surface area contributed by atoms with Crippen LogP contribution in [0.5, 0.6) is 0 Å². The lowest BCUT2D eigenvalue weighted by Gasteiger charge is -2.08. The Morgan fingerprint density at radius 1 is 1.04 bits per heavy atom. The monoisotopic (exact) mass is 427 g/mol. The van der Waals surface area contributed by atoms with Crippen LogP contribution in [0.1, 0.15) is 11.1 Å². The minimum Gasteiger partial charge on any atom is -0.303 e. The summed E-state index contributed by atoms with van der Waals surface area (Å²) < 4.78 is 0. The van der Waals surface area contributed by atoms with Crippen molar-refractivity contribution in [3.63, 3.8) is 0 Å². The van der Waals surface area contributed by atoms with Gasteiger partial charge in [-0.2, -0.15) is 5.10 Å². The van der Waals surface area contributed by atoms with Gasteiger partial charge in [-0.05, 0) is 28.8 Å². The predicted molar refractivity (Wildman–Crippen MR) is 119 cm³/mol. The smallest absolute Gasteiger partial charge is 0.239 e. The number of amidine groups is 1.